The Bertz CT molecular complexity index is 2140. The molecule has 1 heteroatoms. The number of rotatable bonds is 9. The van der Waals surface area contributed by atoms with E-state index >= 15 is 0 Å². The number of allylic oxidation sites excluding steroid dienone is 9. The molecule has 1 aliphatic heterocycles. The van der Waals surface area contributed by atoms with Crippen molar-refractivity contribution < 1.29 is 0 Å². The minimum Gasteiger partial charge on any atom is -0.0888 e. The zero-order valence-electron chi connectivity index (χ0n) is 31.9. The van der Waals surface area contributed by atoms with Crippen LogP contribution in [-0.2, 0) is 0 Å². The minimum absolute atomic E-state index is 1.09. The van der Waals surface area contributed by atoms with E-state index in [1.807, 2.05) is 11.8 Å². The molecule has 5 aromatic rings. The summed E-state index contributed by atoms with van der Waals surface area (Å²) in [5, 5.41) is 0. The maximum absolute atomic E-state index is 2.42. The van der Waals surface area contributed by atoms with E-state index in [1.54, 1.807) is 0 Å². The Labute approximate surface area is 322 Å². The Morgan fingerprint density at radius 1 is 0.509 bits per heavy atom. The summed E-state index contributed by atoms with van der Waals surface area (Å²) in [5.41, 5.74) is 19.6. The second kappa shape index (κ2) is 16.7. The second-order valence-corrected chi connectivity index (χ2v) is 15.8. The van der Waals surface area contributed by atoms with E-state index in [0.717, 1.165) is 25.7 Å². The van der Waals surface area contributed by atoms with Gasteiger partial charge in [0.05, 0.1) is 0 Å². The van der Waals surface area contributed by atoms with Gasteiger partial charge in [0.1, 0.15) is 0 Å². The van der Waals surface area contributed by atoms with Gasteiger partial charge in [0.25, 0.3) is 0 Å². The highest BCUT2D eigenvalue weighted by Gasteiger charge is 2.17. The summed E-state index contributed by atoms with van der Waals surface area (Å²) in [5.74, 6) is 0. The Hall–Kier alpha value is -5.11. The molecule has 0 bridgehead atoms. The highest BCUT2D eigenvalue weighted by Crippen LogP contribution is 2.44. The Balaban J connectivity index is 1.25. The SMILES string of the molecule is CCCC1=C(/C=C/c2cc(-c3ccc(C)cc3)cc(-c3ccc(C)cc3)c2)CCCC1=CC=C1C=C(c2ccc(C)cc2)SC(c2ccc(C)cc2)=C1. The van der Waals surface area contributed by atoms with Gasteiger partial charge in [0.15, 0.2) is 0 Å². The van der Waals surface area contributed by atoms with Crippen molar-refractivity contribution in [2.75, 3.05) is 0 Å². The smallest absolute Gasteiger partial charge is 0.0200 e. The van der Waals surface area contributed by atoms with Crippen molar-refractivity contribution in [3.8, 4) is 22.3 Å². The number of aryl methyl sites for hydroxylation is 4. The van der Waals surface area contributed by atoms with Crippen LogP contribution in [0.15, 0.2) is 168 Å². The number of benzene rings is 5. The fourth-order valence-corrected chi connectivity index (χ4v) is 8.36. The van der Waals surface area contributed by atoms with E-state index < -0.39 is 0 Å². The minimum atomic E-state index is 1.09. The monoisotopic (exact) mass is 706 g/mol. The lowest BCUT2D eigenvalue weighted by atomic mass is 9.84. The Kier molecular flexibility index (Phi) is 11.4. The van der Waals surface area contributed by atoms with Crippen LogP contribution in [0.2, 0.25) is 0 Å². The van der Waals surface area contributed by atoms with Gasteiger partial charge in [-0.3, -0.25) is 0 Å². The van der Waals surface area contributed by atoms with Gasteiger partial charge in [-0.05, 0) is 145 Å². The fourth-order valence-electron chi connectivity index (χ4n) is 7.22. The first-order valence-corrected chi connectivity index (χ1v) is 20.0. The summed E-state index contributed by atoms with van der Waals surface area (Å²) in [6.45, 7) is 10.9. The van der Waals surface area contributed by atoms with Crippen LogP contribution >= 0.6 is 11.8 Å². The zero-order chi connectivity index (χ0) is 36.7. The molecule has 7 rings (SSSR count). The highest BCUT2D eigenvalue weighted by molar-refractivity contribution is 8.16. The number of hydrogen-bond donors (Lipinski definition) is 0. The quantitative estimate of drug-likeness (QED) is 0.147. The Morgan fingerprint density at radius 2 is 0.981 bits per heavy atom. The average Bonchev–Trinajstić information content (AvgIpc) is 3.18. The summed E-state index contributed by atoms with van der Waals surface area (Å²) >= 11 is 1.87. The van der Waals surface area contributed by atoms with Crippen molar-refractivity contribution in [2.45, 2.75) is 66.7 Å². The molecule has 1 heterocycles. The van der Waals surface area contributed by atoms with Crippen LogP contribution in [0.25, 0.3) is 38.1 Å². The number of thioether (sulfide) groups is 1. The molecule has 0 unspecified atom stereocenters. The first-order valence-electron chi connectivity index (χ1n) is 19.2. The van der Waals surface area contributed by atoms with Crippen molar-refractivity contribution in [1.29, 1.82) is 0 Å². The lowest BCUT2D eigenvalue weighted by molar-refractivity contribution is 0.744. The molecule has 0 N–H and O–H groups in total. The van der Waals surface area contributed by atoms with E-state index in [9.17, 15) is 0 Å². The van der Waals surface area contributed by atoms with Crippen LogP contribution in [0, 0.1) is 27.7 Å². The molecule has 0 nitrogen and oxygen atoms in total. The summed E-state index contributed by atoms with van der Waals surface area (Å²) in [7, 11) is 0. The third-order valence-electron chi connectivity index (χ3n) is 10.3. The van der Waals surface area contributed by atoms with Gasteiger partial charge in [0.2, 0.25) is 0 Å². The molecule has 0 amide bonds. The predicted octanol–water partition coefficient (Wildman–Crippen LogP) is 15.2. The summed E-state index contributed by atoms with van der Waals surface area (Å²) in [4.78, 5) is 2.59. The van der Waals surface area contributed by atoms with E-state index in [2.05, 4.69) is 186 Å². The third kappa shape index (κ3) is 9.10. The molecule has 0 spiro atoms. The van der Waals surface area contributed by atoms with Crippen LogP contribution in [0.3, 0.4) is 0 Å². The van der Waals surface area contributed by atoms with E-state index in [4.69, 9.17) is 0 Å². The summed E-state index contributed by atoms with van der Waals surface area (Å²) < 4.78 is 0. The molecule has 53 heavy (non-hydrogen) atoms. The van der Waals surface area contributed by atoms with E-state index in [-0.39, 0.29) is 0 Å². The summed E-state index contributed by atoms with van der Waals surface area (Å²) in [6, 6.07) is 42.7. The standard InChI is InChI=1S/C52H50S/c1-6-8-50-44(29-19-40-31-48(42-21-11-36(2)12-22-42)35-49(32-40)43-23-13-37(3)14-24-43)9-7-10-45(50)30-20-41-33-51(46-25-15-38(4)16-26-46)53-52(34-41)47-27-17-39(5)18-28-47/h11-35H,6-10H2,1-5H3/b29-19+,45-30?. The average molecular weight is 707 g/mol. The molecule has 0 fully saturated rings. The normalized spacial score (nSPS) is 15.6. The zero-order valence-corrected chi connectivity index (χ0v) is 32.7. The van der Waals surface area contributed by atoms with E-state index in [0.29, 0.717) is 0 Å². The maximum atomic E-state index is 2.42. The molecular formula is C52H50S. The van der Waals surface area contributed by atoms with Crippen molar-refractivity contribution in [1.82, 2.24) is 0 Å². The van der Waals surface area contributed by atoms with Gasteiger partial charge >= 0.3 is 0 Å². The van der Waals surface area contributed by atoms with Gasteiger partial charge in [0, 0.05) is 9.81 Å². The largest absolute Gasteiger partial charge is 0.0888 e. The first kappa shape index (κ1) is 36.3. The first-order chi connectivity index (χ1) is 25.8. The summed E-state index contributed by atoms with van der Waals surface area (Å²) in [6.07, 6.45) is 19.9. The van der Waals surface area contributed by atoms with Crippen LogP contribution in [0.4, 0.5) is 0 Å². The Morgan fingerprint density at radius 3 is 1.45 bits per heavy atom. The van der Waals surface area contributed by atoms with Crippen LogP contribution in [0.1, 0.15) is 78.0 Å². The predicted molar refractivity (Wildman–Crippen MR) is 234 cm³/mol. The molecule has 0 radical (unpaired) electrons. The maximum Gasteiger partial charge on any atom is 0.0200 e. The van der Waals surface area contributed by atoms with Gasteiger partial charge in [-0.25, -0.2) is 0 Å². The topological polar surface area (TPSA) is 0 Å². The highest BCUT2D eigenvalue weighted by atomic mass is 32.2. The van der Waals surface area contributed by atoms with Gasteiger partial charge in [-0.2, -0.15) is 0 Å². The molecular weight excluding hydrogens is 657 g/mol. The fraction of sp³-hybridized carbons (Fsp3) is 0.192. The molecule has 0 aromatic heterocycles. The van der Waals surface area contributed by atoms with Crippen LogP contribution in [0.5, 0.6) is 0 Å². The van der Waals surface area contributed by atoms with Crippen LogP contribution in [-0.4, -0.2) is 0 Å². The lowest BCUT2D eigenvalue weighted by Crippen LogP contribution is -2.02. The molecule has 1 aliphatic carbocycles. The van der Waals surface area contributed by atoms with Gasteiger partial charge in [-0.15, -0.1) is 0 Å². The molecule has 2 aliphatic rings. The second-order valence-electron chi connectivity index (χ2n) is 14.7. The third-order valence-corrected chi connectivity index (χ3v) is 11.5. The lowest BCUT2D eigenvalue weighted by Gasteiger charge is -2.22. The van der Waals surface area contributed by atoms with Crippen molar-refractivity contribution in [2.24, 2.45) is 0 Å². The van der Waals surface area contributed by atoms with Crippen molar-refractivity contribution in [3.05, 3.63) is 207 Å². The molecule has 0 saturated heterocycles. The van der Waals surface area contributed by atoms with Crippen molar-refractivity contribution >= 4 is 27.6 Å². The molecule has 264 valence electrons. The van der Waals surface area contributed by atoms with Gasteiger partial charge < -0.3 is 0 Å². The number of hydrogen-bond acceptors (Lipinski definition) is 1. The van der Waals surface area contributed by atoms with Gasteiger partial charge in [-0.1, -0.05) is 169 Å². The van der Waals surface area contributed by atoms with Crippen LogP contribution < -0.4 is 0 Å². The molecule has 0 atom stereocenters. The van der Waals surface area contributed by atoms with E-state index in [1.165, 1.54) is 99.7 Å². The van der Waals surface area contributed by atoms with Crippen molar-refractivity contribution in [3.63, 3.8) is 0 Å². The molecule has 5 aromatic carbocycles. The molecule has 0 saturated carbocycles.